The van der Waals surface area contributed by atoms with Gasteiger partial charge in [0.15, 0.2) is 0 Å². The van der Waals surface area contributed by atoms with Gasteiger partial charge < -0.3 is 9.84 Å². The maximum atomic E-state index is 13.9. The molecule has 2 atom stereocenters. The number of nitrogens with zero attached hydrogens (tertiary/aromatic N) is 1. The lowest BCUT2D eigenvalue weighted by Crippen LogP contribution is -2.51. The number of carboxylic acids is 1. The summed E-state index contributed by atoms with van der Waals surface area (Å²) in [5.41, 5.74) is 0.554. The number of hydrogen-bond donors (Lipinski definition) is 1. The predicted octanol–water partition coefficient (Wildman–Crippen LogP) is 2.06. The van der Waals surface area contributed by atoms with E-state index >= 15 is 0 Å². The van der Waals surface area contributed by atoms with Gasteiger partial charge in [-0.25, -0.2) is 4.39 Å². The van der Waals surface area contributed by atoms with E-state index in [4.69, 9.17) is 4.74 Å². The third-order valence-electron chi connectivity index (χ3n) is 3.51. The number of benzene rings is 1. The van der Waals surface area contributed by atoms with Crippen molar-refractivity contribution in [3.63, 3.8) is 0 Å². The van der Waals surface area contributed by atoms with E-state index in [2.05, 4.69) is 0 Å². The van der Waals surface area contributed by atoms with Crippen LogP contribution in [0.5, 0.6) is 0 Å². The smallest absolute Gasteiger partial charge is 0.323 e. The summed E-state index contributed by atoms with van der Waals surface area (Å²) in [6, 6.07) is 5.60. The fourth-order valence-electron chi connectivity index (χ4n) is 2.58. The van der Waals surface area contributed by atoms with Gasteiger partial charge in [0.2, 0.25) is 0 Å². The van der Waals surface area contributed by atoms with Gasteiger partial charge in [-0.2, -0.15) is 0 Å². The maximum Gasteiger partial charge on any atom is 0.323 e. The molecule has 1 saturated heterocycles. The summed E-state index contributed by atoms with van der Waals surface area (Å²) in [4.78, 5) is 13.1. The van der Waals surface area contributed by atoms with Crippen molar-refractivity contribution in [2.45, 2.75) is 25.4 Å². The molecule has 1 heterocycles. The van der Waals surface area contributed by atoms with Gasteiger partial charge in [-0.3, -0.25) is 9.69 Å². The Hall–Kier alpha value is -1.46. The number of hydrogen-bond acceptors (Lipinski definition) is 3. The normalized spacial score (nSPS) is 22.1. The SMILES string of the molecule is CCC(c1ccccc1F)N1CCOCC1C(=O)O. The molecule has 19 heavy (non-hydrogen) atoms. The third-order valence-corrected chi connectivity index (χ3v) is 3.51. The lowest BCUT2D eigenvalue weighted by molar-refractivity contribution is -0.151. The predicted molar refractivity (Wildman–Crippen MR) is 68.4 cm³/mol. The Morgan fingerprint density at radius 3 is 2.95 bits per heavy atom. The van der Waals surface area contributed by atoms with Gasteiger partial charge in [-0.15, -0.1) is 0 Å². The van der Waals surface area contributed by atoms with Crippen LogP contribution >= 0.6 is 0 Å². The highest BCUT2D eigenvalue weighted by Gasteiger charge is 2.34. The van der Waals surface area contributed by atoms with Crippen LogP contribution in [0.15, 0.2) is 24.3 Å². The first-order valence-electron chi connectivity index (χ1n) is 6.45. The van der Waals surface area contributed by atoms with Crippen LogP contribution in [0.3, 0.4) is 0 Å². The molecule has 1 aliphatic rings. The maximum absolute atomic E-state index is 13.9. The highest BCUT2D eigenvalue weighted by atomic mass is 19.1. The topological polar surface area (TPSA) is 49.8 Å². The fourth-order valence-corrected chi connectivity index (χ4v) is 2.58. The van der Waals surface area contributed by atoms with Crippen LogP contribution in [-0.4, -0.2) is 41.8 Å². The van der Waals surface area contributed by atoms with Crippen molar-refractivity contribution >= 4 is 5.97 Å². The van der Waals surface area contributed by atoms with Crippen LogP contribution < -0.4 is 0 Å². The summed E-state index contributed by atoms with van der Waals surface area (Å²) in [6.07, 6.45) is 0.657. The molecule has 4 nitrogen and oxygen atoms in total. The van der Waals surface area contributed by atoms with Crippen LogP contribution in [-0.2, 0) is 9.53 Å². The first-order valence-corrected chi connectivity index (χ1v) is 6.45. The highest BCUT2D eigenvalue weighted by molar-refractivity contribution is 5.73. The molecule has 1 aromatic rings. The summed E-state index contributed by atoms with van der Waals surface area (Å²) in [6.45, 7) is 3.07. The summed E-state index contributed by atoms with van der Waals surface area (Å²) >= 11 is 0. The van der Waals surface area contributed by atoms with E-state index in [0.717, 1.165) is 0 Å². The van der Waals surface area contributed by atoms with E-state index in [0.29, 0.717) is 25.1 Å². The molecule has 1 fully saturated rings. The minimum Gasteiger partial charge on any atom is -0.480 e. The molecule has 2 rings (SSSR count). The lowest BCUT2D eigenvalue weighted by Gasteiger charge is -2.38. The van der Waals surface area contributed by atoms with Crippen molar-refractivity contribution in [1.29, 1.82) is 0 Å². The molecule has 0 aromatic heterocycles. The molecule has 1 N–H and O–H groups in total. The number of carbonyl (C=O) groups is 1. The van der Waals surface area contributed by atoms with Crippen LogP contribution in [0.25, 0.3) is 0 Å². The quantitative estimate of drug-likeness (QED) is 0.907. The van der Waals surface area contributed by atoms with E-state index in [1.165, 1.54) is 6.07 Å². The Morgan fingerprint density at radius 1 is 1.58 bits per heavy atom. The molecular weight excluding hydrogens is 249 g/mol. The van der Waals surface area contributed by atoms with Crippen LogP contribution in [0.2, 0.25) is 0 Å². The van der Waals surface area contributed by atoms with Crippen LogP contribution in [0.1, 0.15) is 24.9 Å². The fraction of sp³-hybridized carbons (Fsp3) is 0.500. The first kappa shape index (κ1) is 14.0. The van der Waals surface area contributed by atoms with Crippen molar-refractivity contribution in [1.82, 2.24) is 4.90 Å². The van der Waals surface area contributed by atoms with E-state index in [1.807, 2.05) is 11.8 Å². The van der Waals surface area contributed by atoms with E-state index in [1.54, 1.807) is 18.2 Å². The standard InChI is InChI=1S/C14H18FNO3/c1-2-12(10-5-3-4-6-11(10)15)16-7-8-19-9-13(16)14(17)18/h3-6,12-13H,2,7-9H2,1H3,(H,17,18). The average Bonchev–Trinajstić information content (AvgIpc) is 2.42. The van der Waals surface area contributed by atoms with Crippen molar-refractivity contribution in [2.75, 3.05) is 19.8 Å². The molecule has 0 aliphatic carbocycles. The lowest BCUT2D eigenvalue weighted by atomic mass is 9.99. The molecular formula is C14H18FNO3. The number of ether oxygens (including phenoxy) is 1. The number of halogens is 1. The molecule has 0 saturated carbocycles. The third kappa shape index (κ3) is 2.93. The Labute approximate surface area is 111 Å². The zero-order valence-electron chi connectivity index (χ0n) is 10.9. The van der Waals surface area contributed by atoms with Crippen molar-refractivity contribution in [3.8, 4) is 0 Å². The molecule has 1 aromatic carbocycles. The molecule has 0 amide bonds. The van der Waals surface area contributed by atoms with Gasteiger partial charge in [0.25, 0.3) is 0 Å². The molecule has 0 radical (unpaired) electrons. The number of carboxylic acid groups (broad SMARTS) is 1. The van der Waals surface area contributed by atoms with Gasteiger partial charge in [-0.1, -0.05) is 25.1 Å². The summed E-state index contributed by atoms with van der Waals surface area (Å²) < 4.78 is 19.1. The number of rotatable bonds is 4. The molecule has 2 unspecified atom stereocenters. The summed E-state index contributed by atoms with van der Waals surface area (Å²) in [7, 11) is 0. The number of morpholine rings is 1. The van der Waals surface area contributed by atoms with Crippen molar-refractivity contribution in [3.05, 3.63) is 35.6 Å². The molecule has 1 aliphatic heterocycles. The minimum absolute atomic E-state index is 0.153. The first-order chi connectivity index (χ1) is 9.15. The average molecular weight is 267 g/mol. The van der Waals surface area contributed by atoms with E-state index in [9.17, 15) is 14.3 Å². The largest absolute Gasteiger partial charge is 0.480 e. The Morgan fingerprint density at radius 2 is 2.32 bits per heavy atom. The Bertz CT molecular complexity index is 452. The summed E-state index contributed by atoms with van der Waals surface area (Å²) in [5, 5.41) is 9.25. The molecule has 5 heteroatoms. The zero-order valence-corrected chi connectivity index (χ0v) is 10.9. The Kier molecular flexibility index (Phi) is 4.50. The van der Waals surface area contributed by atoms with Gasteiger partial charge in [0.1, 0.15) is 11.9 Å². The monoisotopic (exact) mass is 267 g/mol. The van der Waals surface area contributed by atoms with E-state index in [-0.39, 0.29) is 18.5 Å². The van der Waals surface area contributed by atoms with Crippen molar-refractivity contribution in [2.24, 2.45) is 0 Å². The molecule has 0 bridgehead atoms. The second-order valence-electron chi connectivity index (χ2n) is 4.61. The Balaban J connectivity index is 2.30. The van der Waals surface area contributed by atoms with Gasteiger partial charge >= 0.3 is 5.97 Å². The molecule has 0 spiro atoms. The van der Waals surface area contributed by atoms with Crippen LogP contribution in [0, 0.1) is 5.82 Å². The minimum atomic E-state index is -0.922. The van der Waals surface area contributed by atoms with Gasteiger partial charge in [0.05, 0.1) is 13.2 Å². The summed E-state index contributed by atoms with van der Waals surface area (Å²) in [5.74, 6) is -1.21. The van der Waals surface area contributed by atoms with Gasteiger partial charge in [-0.05, 0) is 12.5 Å². The number of aliphatic carboxylic acids is 1. The second kappa shape index (κ2) is 6.12. The van der Waals surface area contributed by atoms with Crippen molar-refractivity contribution < 1.29 is 19.0 Å². The highest BCUT2D eigenvalue weighted by Crippen LogP contribution is 2.29. The van der Waals surface area contributed by atoms with Gasteiger partial charge in [0, 0.05) is 18.2 Å². The van der Waals surface area contributed by atoms with E-state index < -0.39 is 12.0 Å². The molecule has 104 valence electrons. The van der Waals surface area contributed by atoms with Crippen LogP contribution in [0.4, 0.5) is 4.39 Å². The second-order valence-corrected chi connectivity index (χ2v) is 4.61. The zero-order chi connectivity index (χ0) is 13.8.